The maximum absolute atomic E-state index is 9.59. The van der Waals surface area contributed by atoms with E-state index in [-0.39, 0.29) is 13.2 Å². The van der Waals surface area contributed by atoms with Crippen molar-refractivity contribution in [3.63, 3.8) is 0 Å². The monoisotopic (exact) mass is 212 g/mol. The molecule has 0 aliphatic heterocycles. The number of terminal acetylenes is 3. The molecule has 3 nitrogen and oxygen atoms in total. The fraction of sp³-hybridized carbons (Fsp3) is 0.400. The van der Waals surface area contributed by atoms with E-state index in [2.05, 4.69) is 17.5 Å². The van der Waals surface area contributed by atoms with Gasteiger partial charge in [0.2, 0.25) is 0 Å². The van der Waals surface area contributed by atoms with Crippen LogP contribution in [0.2, 0.25) is 0 Å². The Morgan fingerprint density at radius 3 is 1.71 bits per heavy atom. The second-order valence-electron chi connectivity index (χ2n) is 2.33. The van der Waals surface area contributed by atoms with Gasteiger partial charge in [-0.1, -0.05) is 0 Å². The van der Waals surface area contributed by atoms with Gasteiger partial charge in [-0.15, -0.1) is 0 Å². The molecule has 0 bridgehead atoms. The van der Waals surface area contributed by atoms with Gasteiger partial charge >= 0.3 is 84.7 Å². The first-order valence-corrected chi connectivity index (χ1v) is 5.80. The zero-order chi connectivity index (χ0) is 10.9. The van der Waals surface area contributed by atoms with Crippen LogP contribution >= 0.6 is 7.94 Å². The first-order valence-electron chi connectivity index (χ1n) is 4.03. The number of hydrogen-bond donors (Lipinski definition) is 1. The zero-order valence-corrected chi connectivity index (χ0v) is 8.82. The molecule has 0 saturated carbocycles. The van der Waals surface area contributed by atoms with E-state index < -0.39 is 7.94 Å². The topological polar surface area (TPSA) is 38.7 Å². The predicted octanol–water partition coefficient (Wildman–Crippen LogP) is 1.14. The molecule has 0 unspecified atom stereocenters. The fourth-order valence-electron chi connectivity index (χ4n) is 0.622. The molecule has 0 amide bonds. The van der Waals surface area contributed by atoms with Gasteiger partial charge in [0, 0.05) is 0 Å². The third kappa shape index (κ3) is 5.60. The van der Waals surface area contributed by atoms with E-state index in [0.29, 0.717) is 12.8 Å². The molecule has 0 aliphatic carbocycles. The van der Waals surface area contributed by atoms with E-state index in [4.69, 9.17) is 28.3 Å². The Labute approximate surface area is 85.4 Å². The van der Waals surface area contributed by atoms with Crippen molar-refractivity contribution in [1.29, 1.82) is 0 Å². The summed E-state index contributed by atoms with van der Waals surface area (Å²) in [5.41, 5.74) is 2.11. The Bertz CT molecular complexity index is 259. The van der Waals surface area contributed by atoms with E-state index >= 15 is 0 Å². The van der Waals surface area contributed by atoms with Gasteiger partial charge in [-0.2, -0.15) is 0 Å². The molecule has 1 N–H and O–H groups in total. The summed E-state index contributed by atoms with van der Waals surface area (Å²) in [6.45, 7) is 0.388. The Balaban J connectivity index is 3.89. The quantitative estimate of drug-likeness (QED) is 0.407. The van der Waals surface area contributed by atoms with Crippen LogP contribution in [-0.4, -0.2) is 18.1 Å². The van der Waals surface area contributed by atoms with Crippen molar-refractivity contribution in [2.45, 2.75) is 12.8 Å². The molecular formula is C10H13O3P. The van der Waals surface area contributed by atoms with Gasteiger partial charge in [0.1, 0.15) is 0 Å². The Morgan fingerprint density at radius 1 is 1.00 bits per heavy atom. The van der Waals surface area contributed by atoms with E-state index in [1.807, 2.05) is 0 Å². The Morgan fingerprint density at radius 2 is 1.43 bits per heavy atom. The summed E-state index contributed by atoms with van der Waals surface area (Å²) in [4.78, 5) is 9.59. The minimum absolute atomic E-state index is 0.194. The van der Waals surface area contributed by atoms with E-state index in [1.165, 1.54) is 0 Å². The van der Waals surface area contributed by atoms with Crippen LogP contribution in [0.1, 0.15) is 12.8 Å². The summed E-state index contributed by atoms with van der Waals surface area (Å²) in [6, 6.07) is 0. The first-order chi connectivity index (χ1) is 6.68. The normalized spacial score (nSPS) is 11.0. The van der Waals surface area contributed by atoms with Crippen LogP contribution < -0.4 is 0 Å². The van der Waals surface area contributed by atoms with Gasteiger partial charge in [-0.3, -0.25) is 0 Å². The molecule has 0 aromatic rings. The predicted molar refractivity (Wildman–Crippen MR) is 58.2 cm³/mol. The second-order valence-corrected chi connectivity index (χ2v) is 4.36. The van der Waals surface area contributed by atoms with Crippen LogP contribution in [0.25, 0.3) is 0 Å². The minimum atomic E-state index is -3.46. The van der Waals surface area contributed by atoms with Crippen LogP contribution in [0.15, 0.2) is 0 Å². The number of hydrogen-bond acceptors (Lipinski definition) is 3. The summed E-state index contributed by atoms with van der Waals surface area (Å²) in [5, 5.41) is 0. The van der Waals surface area contributed by atoms with E-state index in [1.54, 1.807) is 0 Å². The van der Waals surface area contributed by atoms with Crippen molar-refractivity contribution in [2.24, 2.45) is 0 Å². The summed E-state index contributed by atoms with van der Waals surface area (Å²) >= 11 is 0. The molecule has 0 aromatic carbocycles. The molecule has 0 aromatic heterocycles. The average Bonchev–Trinajstić information content (AvgIpc) is 2.19. The van der Waals surface area contributed by atoms with Crippen molar-refractivity contribution < 1.29 is 13.9 Å². The molecule has 14 heavy (non-hydrogen) atoms. The van der Waals surface area contributed by atoms with Crippen molar-refractivity contribution >= 4 is 7.94 Å². The molecule has 0 fully saturated rings. The summed E-state index contributed by atoms with van der Waals surface area (Å²) in [7, 11) is -3.46. The van der Waals surface area contributed by atoms with Crippen LogP contribution in [0.3, 0.4) is 0 Å². The van der Waals surface area contributed by atoms with Gasteiger partial charge in [-0.25, -0.2) is 0 Å². The van der Waals surface area contributed by atoms with Crippen LogP contribution in [0.4, 0.5) is 0 Å². The van der Waals surface area contributed by atoms with Gasteiger partial charge in [0.05, 0.1) is 0 Å². The van der Waals surface area contributed by atoms with Gasteiger partial charge in [-0.05, 0) is 0 Å². The Kier molecular flexibility index (Phi) is 6.87. The van der Waals surface area contributed by atoms with Crippen LogP contribution in [-0.2, 0) is 9.05 Å². The molecular weight excluding hydrogens is 199 g/mol. The second kappa shape index (κ2) is 7.40. The van der Waals surface area contributed by atoms with Gasteiger partial charge in [0.25, 0.3) is 0 Å². The molecule has 4 heteroatoms. The standard InChI is InChI=1S/C10H13O3P/c1-4-7-9-12-14(11,6-3)13-10-8-5-2/h1-3,11,14H,7-10H2. The van der Waals surface area contributed by atoms with Gasteiger partial charge < -0.3 is 0 Å². The molecule has 0 heterocycles. The third-order valence-corrected chi connectivity index (χ3v) is 2.83. The average molecular weight is 212 g/mol. The van der Waals surface area contributed by atoms with Crippen molar-refractivity contribution in [3.05, 3.63) is 0 Å². The van der Waals surface area contributed by atoms with Crippen molar-refractivity contribution in [3.8, 4) is 36.8 Å². The SMILES string of the molecule is C#CCCO[PH](O)(C#C)OCCC#C. The Hall–Kier alpha value is -1.01. The van der Waals surface area contributed by atoms with Crippen molar-refractivity contribution in [2.75, 3.05) is 13.2 Å². The summed E-state index contributed by atoms with van der Waals surface area (Å²) in [5.74, 6) is 4.72. The van der Waals surface area contributed by atoms with Gasteiger partial charge in [0.15, 0.2) is 0 Å². The summed E-state index contributed by atoms with van der Waals surface area (Å²) in [6.07, 6.45) is 15.9. The van der Waals surface area contributed by atoms with Crippen molar-refractivity contribution in [1.82, 2.24) is 0 Å². The van der Waals surface area contributed by atoms with Crippen LogP contribution in [0.5, 0.6) is 0 Å². The molecule has 0 rings (SSSR count). The van der Waals surface area contributed by atoms with Crippen LogP contribution in [0, 0.1) is 36.8 Å². The molecule has 0 aliphatic rings. The fourth-order valence-corrected chi connectivity index (χ4v) is 1.63. The molecule has 0 saturated heterocycles. The third-order valence-electron chi connectivity index (χ3n) is 1.27. The summed E-state index contributed by atoms with van der Waals surface area (Å²) < 4.78 is 9.98. The molecule has 0 atom stereocenters. The number of rotatable bonds is 6. The molecule has 0 spiro atoms. The van der Waals surface area contributed by atoms with E-state index in [9.17, 15) is 4.89 Å². The maximum atomic E-state index is 9.59. The molecule has 76 valence electrons. The molecule has 0 radical (unpaired) electrons. The zero-order valence-electron chi connectivity index (χ0n) is 7.82. The first kappa shape index (κ1) is 13.0. The van der Waals surface area contributed by atoms with E-state index in [0.717, 1.165) is 0 Å².